The van der Waals surface area contributed by atoms with Crippen LogP contribution in [0.5, 0.6) is 0 Å². The van der Waals surface area contributed by atoms with Gasteiger partial charge in [-0.2, -0.15) is 19.8 Å². The fraction of sp³-hybridized carbons (Fsp3) is 0.545. The van der Waals surface area contributed by atoms with Crippen molar-refractivity contribution in [3.63, 3.8) is 0 Å². The van der Waals surface area contributed by atoms with Crippen molar-refractivity contribution in [3.8, 4) is 0 Å². The normalized spacial score (nSPS) is 13.2. The van der Waals surface area contributed by atoms with Crippen LogP contribution in [0.2, 0.25) is 0 Å². The summed E-state index contributed by atoms with van der Waals surface area (Å²) in [4.78, 5) is 1.35. The number of nitrogens with zero attached hydrogens (tertiary/aromatic N) is 3. The van der Waals surface area contributed by atoms with Crippen molar-refractivity contribution < 1.29 is 0 Å². The van der Waals surface area contributed by atoms with Gasteiger partial charge in [-0.1, -0.05) is 20.8 Å². The molecule has 0 aliphatic rings. The molecule has 1 atom stereocenters. The van der Waals surface area contributed by atoms with E-state index in [-0.39, 0.29) is 0 Å². The molecular weight excluding hydrogens is 220 g/mol. The number of hydrogen-bond acceptors (Lipinski definition) is 4. The van der Waals surface area contributed by atoms with E-state index in [1.54, 1.807) is 17.7 Å². The molecule has 1 unspecified atom stereocenters. The summed E-state index contributed by atoms with van der Waals surface area (Å²) in [6.45, 7) is 6.53. The molecule has 0 aromatic carbocycles. The second-order valence-corrected chi connectivity index (χ2v) is 5.21. The Morgan fingerprint density at radius 2 is 2.19 bits per heavy atom. The first-order valence-electron chi connectivity index (χ1n) is 5.48. The van der Waals surface area contributed by atoms with Crippen molar-refractivity contribution in [2.24, 2.45) is 0 Å². The Balaban J connectivity index is 2.03. The number of nitrogens with one attached hydrogen (secondary N) is 1. The van der Waals surface area contributed by atoms with E-state index in [2.05, 4.69) is 46.6 Å². The van der Waals surface area contributed by atoms with E-state index in [0.717, 1.165) is 17.8 Å². The number of rotatable bonds is 4. The third kappa shape index (κ3) is 2.47. The van der Waals surface area contributed by atoms with E-state index in [0.29, 0.717) is 11.8 Å². The molecule has 86 valence electrons. The number of aromatic amines is 1. The van der Waals surface area contributed by atoms with Crippen LogP contribution < -0.4 is 0 Å². The van der Waals surface area contributed by atoms with Crippen molar-refractivity contribution in [1.82, 2.24) is 19.8 Å². The zero-order valence-corrected chi connectivity index (χ0v) is 10.6. The number of H-pyrrole nitrogens is 1. The van der Waals surface area contributed by atoms with Crippen LogP contribution in [0, 0.1) is 0 Å². The molecule has 2 aromatic heterocycles. The second-order valence-electron chi connectivity index (χ2n) is 4.38. The molecule has 0 bridgehead atoms. The Bertz CT molecular complexity index is 433. The van der Waals surface area contributed by atoms with Gasteiger partial charge in [-0.3, -0.25) is 0 Å². The molecule has 0 aliphatic heterocycles. The van der Waals surface area contributed by atoms with Gasteiger partial charge < -0.3 is 0 Å². The molecule has 0 amide bonds. The van der Waals surface area contributed by atoms with Crippen molar-refractivity contribution >= 4 is 11.5 Å². The lowest BCUT2D eigenvalue weighted by Gasteiger charge is -2.04. The third-order valence-electron chi connectivity index (χ3n) is 2.60. The maximum atomic E-state index is 4.47. The Kier molecular flexibility index (Phi) is 3.33. The molecule has 0 fully saturated rings. The largest absolute Gasteiger partial charge is 0.198 e. The van der Waals surface area contributed by atoms with Crippen molar-refractivity contribution in [1.29, 1.82) is 0 Å². The van der Waals surface area contributed by atoms with Gasteiger partial charge in [0.25, 0.3) is 0 Å². The smallest absolute Gasteiger partial charge is 0.0856 e. The van der Waals surface area contributed by atoms with Crippen LogP contribution >= 0.6 is 11.5 Å². The molecule has 2 rings (SSSR count). The SMILES string of the molecule is CC(C)c1cc(CC(C)c2cn[nH]n2)ns1. The lowest BCUT2D eigenvalue weighted by atomic mass is 10.0. The number of hydrogen-bond donors (Lipinski definition) is 1. The van der Waals surface area contributed by atoms with Crippen LogP contribution in [0.15, 0.2) is 12.3 Å². The van der Waals surface area contributed by atoms with Gasteiger partial charge in [0.2, 0.25) is 0 Å². The highest BCUT2D eigenvalue weighted by Gasteiger charge is 2.12. The number of aromatic nitrogens is 4. The standard InChI is InChI=1S/C11H16N4S/c1-7(2)11-5-9(14-16-11)4-8(3)10-6-12-15-13-10/h5-8H,4H2,1-3H3,(H,12,13,15). The highest BCUT2D eigenvalue weighted by atomic mass is 32.1. The van der Waals surface area contributed by atoms with Crippen LogP contribution in [0.1, 0.15) is 48.9 Å². The van der Waals surface area contributed by atoms with Gasteiger partial charge in [-0.05, 0) is 29.9 Å². The summed E-state index contributed by atoms with van der Waals surface area (Å²) in [6, 6.07) is 2.20. The zero-order valence-electron chi connectivity index (χ0n) is 9.77. The summed E-state index contributed by atoms with van der Waals surface area (Å²) in [5, 5.41) is 10.6. The zero-order chi connectivity index (χ0) is 11.5. The Labute approximate surface area is 99.3 Å². The van der Waals surface area contributed by atoms with E-state index >= 15 is 0 Å². The van der Waals surface area contributed by atoms with E-state index in [1.807, 2.05) is 0 Å². The van der Waals surface area contributed by atoms with E-state index in [9.17, 15) is 0 Å². The molecule has 0 radical (unpaired) electrons. The maximum Gasteiger partial charge on any atom is 0.0856 e. The minimum Gasteiger partial charge on any atom is -0.198 e. The van der Waals surface area contributed by atoms with Crippen LogP contribution in [0.4, 0.5) is 0 Å². The summed E-state index contributed by atoms with van der Waals surface area (Å²) in [6.07, 6.45) is 2.70. The fourth-order valence-electron chi connectivity index (χ4n) is 1.56. The molecule has 0 aliphatic carbocycles. The average Bonchev–Trinajstić information content (AvgIpc) is 2.87. The van der Waals surface area contributed by atoms with E-state index in [1.165, 1.54) is 4.88 Å². The lowest BCUT2D eigenvalue weighted by Crippen LogP contribution is -1.99. The van der Waals surface area contributed by atoms with Crippen LogP contribution in [0.3, 0.4) is 0 Å². The quantitative estimate of drug-likeness (QED) is 0.888. The van der Waals surface area contributed by atoms with Crippen molar-refractivity contribution in [2.75, 3.05) is 0 Å². The highest BCUT2D eigenvalue weighted by molar-refractivity contribution is 7.05. The van der Waals surface area contributed by atoms with Gasteiger partial charge >= 0.3 is 0 Å². The fourth-order valence-corrected chi connectivity index (χ4v) is 2.31. The molecule has 0 spiro atoms. The van der Waals surface area contributed by atoms with Gasteiger partial charge in [0.1, 0.15) is 0 Å². The topological polar surface area (TPSA) is 54.5 Å². The Hall–Kier alpha value is -1.23. The minimum absolute atomic E-state index is 0.362. The Morgan fingerprint density at radius 1 is 1.38 bits per heavy atom. The molecule has 4 nitrogen and oxygen atoms in total. The van der Waals surface area contributed by atoms with E-state index < -0.39 is 0 Å². The predicted octanol–water partition coefficient (Wildman–Crippen LogP) is 2.73. The molecular formula is C11H16N4S. The van der Waals surface area contributed by atoms with Crippen molar-refractivity contribution in [2.45, 2.75) is 39.0 Å². The van der Waals surface area contributed by atoms with Crippen molar-refractivity contribution in [3.05, 3.63) is 28.5 Å². The molecule has 16 heavy (non-hydrogen) atoms. The summed E-state index contributed by atoms with van der Waals surface area (Å²) in [7, 11) is 0. The van der Waals surface area contributed by atoms with Gasteiger partial charge in [0, 0.05) is 10.8 Å². The van der Waals surface area contributed by atoms with Crippen LogP contribution in [-0.2, 0) is 6.42 Å². The molecule has 1 N–H and O–H groups in total. The first-order chi connectivity index (χ1) is 7.66. The Morgan fingerprint density at radius 3 is 2.75 bits per heavy atom. The van der Waals surface area contributed by atoms with Gasteiger partial charge in [-0.25, -0.2) is 0 Å². The first kappa shape index (κ1) is 11.3. The molecule has 0 saturated heterocycles. The average molecular weight is 236 g/mol. The van der Waals surface area contributed by atoms with Crippen LogP contribution in [-0.4, -0.2) is 19.8 Å². The first-order valence-corrected chi connectivity index (χ1v) is 6.25. The monoisotopic (exact) mass is 236 g/mol. The molecule has 2 heterocycles. The summed E-state index contributed by atoms with van der Waals surface area (Å²) < 4.78 is 4.47. The maximum absolute atomic E-state index is 4.47. The molecule has 5 heteroatoms. The third-order valence-corrected chi connectivity index (χ3v) is 3.73. The minimum atomic E-state index is 0.362. The van der Waals surface area contributed by atoms with Gasteiger partial charge in [-0.15, -0.1) is 0 Å². The van der Waals surface area contributed by atoms with Gasteiger partial charge in [0.15, 0.2) is 0 Å². The molecule has 0 saturated carbocycles. The summed E-state index contributed by atoms with van der Waals surface area (Å²) >= 11 is 1.60. The summed E-state index contributed by atoms with van der Waals surface area (Å²) in [5.74, 6) is 0.925. The van der Waals surface area contributed by atoms with E-state index in [4.69, 9.17) is 0 Å². The van der Waals surface area contributed by atoms with Crippen LogP contribution in [0.25, 0.3) is 0 Å². The molecule has 2 aromatic rings. The lowest BCUT2D eigenvalue weighted by molar-refractivity contribution is 0.714. The highest BCUT2D eigenvalue weighted by Crippen LogP contribution is 2.23. The second kappa shape index (κ2) is 4.74. The summed E-state index contributed by atoms with van der Waals surface area (Å²) in [5.41, 5.74) is 2.16. The predicted molar refractivity (Wildman–Crippen MR) is 64.7 cm³/mol. The van der Waals surface area contributed by atoms with Gasteiger partial charge in [0.05, 0.1) is 17.6 Å².